The molecule has 2 aliphatic rings. The van der Waals surface area contributed by atoms with Gasteiger partial charge in [0.25, 0.3) is 0 Å². The Kier molecular flexibility index (Phi) is 11.5. The van der Waals surface area contributed by atoms with Gasteiger partial charge in [-0.25, -0.2) is 0 Å². The first-order valence-corrected chi connectivity index (χ1v) is 16.5. The van der Waals surface area contributed by atoms with E-state index in [4.69, 9.17) is 23.2 Å². The molecule has 3 aromatic rings. The average molecular weight is 623 g/mol. The molecule has 0 saturated carbocycles. The molecule has 1 amide bonds. The van der Waals surface area contributed by atoms with Gasteiger partial charge in [0, 0.05) is 67.9 Å². The molecule has 8 heteroatoms. The van der Waals surface area contributed by atoms with Crippen LogP contribution in [0.2, 0.25) is 10.0 Å². The number of likely N-dealkylation sites (N-methyl/N-ethyl adjacent to an activating group) is 1. The van der Waals surface area contributed by atoms with Gasteiger partial charge in [0.05, 0.1) is 6.04 Å². The number of nitrogens with zero attached hydrogens (tertiary/aromatic N) is 3. The zero-order valence-electron chi connectivity index (χ0n) is 25.4. The van der Waals surface area contributed by atoms with Crippen molar-refractivity contribution in [1.82, 2.24) is 25.3 Å². The maximum absolute atomic E-state index is 14.1. The molecule has 0 spiro atoms. The van der Waals surface area contributed by atoms with Crippen LogP contribution in [0.4, 0.5) is 0 Å². The van der Waals surface area contributed by atoms with E-state index in [0.29, 0.717) is 11.4 Å². The summed E-state index contributed by atoms with van der Waals surface area (Å²) in [7, 11) is 0. The fourth-order valence-corrected chi connectivity index (χ4v) is 6.62. The average Bonchev–Trinajstić information content (AvgIpc) is 3.05. The Balaban J connectivity index is 1.25. The lowest BCUT2D eigenvalue weighted by Crippen LogP contribution is -2.57. The Labute approximate surface area is 267 Å². The van der Waals surface area contributed by atoms with Crippen LogP contribution in [0.5, 0.6) is 0 Å². The summed E-state index contributed by atoms with van der Waals surface area (Å²) >= 11 is 12.4. The van der Waals surface area contributed by atoms with Gasteiger partial charge in [-0.05, 0) is 72.5 Å². The van der Waals surface area contributed by atoms with E-state index < -0.39 is 0 Å². The van der Waals surface area contributed by atoms with Crippen LogP contribution in [0.3, 0.4) is 0 Å². The number of carbonyl (C=O) groups excluding carboxylic acids is 1. The van der Waals surface area contributed by atoms with Gasteiger partial charge in [-0.15, -0.1) is 0 Å². The molecule has 2 heterocycles. The second-order valence-corrected chi connectivity index (χ2v) is 12.6. The van der Waals surface area contributed by atoms with E-state index in [2.05, 4.69) is 75.6 Å². The molecule has 0 aromatic heterocycles. The summed E-state index contributed by atoms with van der Waals surface area (Å²) in [5, 5.41) is 8.79. The number of hydrogen-bond acceptors (Lipinski definition) is 5. The van der Waals surface area contributed by atoms with Crippen molar-refractivity contribution in [3.05, 3.63) is 105 Å². The molecular weight excluding hydrogens is 577 g/mol. The van der Waals surface area contributed by atoms with Gasteiger partial charge in [0.1, 0.15) is 0 Å². The van der Waals surface area contributed by atoms with Gasteiger partial charge in [0.15, 0.2) is 0 Å². The lowest BCUT2D eigenvalue weighted by atomic mass is 9.95. The highest BCUT2D eigenvalue weighted by molar-refractivity contribution is 6.30. The predicted molar refractivity (Wildman–Crippen MR) is 178 cm³/mol. The Bertz CT molecular complexity index is 1310. The van der Waals surface area contributed by atoms with Crippen molar-refractivity contribution in [2.45, 2.75) is 51.4 Å². The first-order chi connectivity index (χ1) is 20.9. The summed E-state index contributed by atoms with van der Waals surface area (Å²) in [5.41, 5.74) is 5.14. The number of halogens is 2. The van der Waals surface area contributed by atoms with Crippen LogP contribution >= 0.6 is 23.2 Å². The van der Waals surface area contributed by atoms with Crippen LogP contribution in [0.25, 0.3) is 0 Å². The Morgan fingerprint density at radius 3 is 2.19 bits per heavy atom. The molecule has 1 saturated heterocycles. The lowest BCUT2D eigenvalue weighted by Gasteiger charge is -2.42. The summed E-state index contributed by atoms with van der Waals surface area (Å²) in [4.78, 5) is 21.1. The lowest BCUT2D eigenvalue weighted by molar-refractivity contribution is -0.135. The topological polar surface area (TPSA) is 50.9 Å². The highest BCUT2D eigenvalue weighted by Gasteiger charge is 2.32. The van der Waals surface area contributed by atoms with E-state index in [9.17, 15) is 4.79 Å². The van der Waals surface area contributed by atoms with Crippen molar-refractivity contribution in [1.29, 1.82) is 0 Å². The van der Waals surface area contributed by atoms with E-state index in [-0.39, 0.29) is 24.0 Å². The van der Waals surface area contributed by atoms with Crippen LogP contribution in [0.15, 0.2) is 72.8 Å². The molecule has 3 atom stereocenters. The largest absolute Gasteiger partial charge is 0.339 e. The van der Waals surface area contributed by atoms with Gasteiger partial charge in [-0.2, -0.15) is 0 Å². The number of carbonyl (C=O) groups is 1. The van der Waals surface area contributed by atoms with Crippen molar-refractivity contribution < 1.29 is 4.79 Å². The van der Waals surface area contributed by atoms with Crippen LogP contribution in [-0.2, 0) is 24.2 Å². The fraction of sp³-hybridized carbons (Fsp3) is 0.457. The molecule has 230 valence electrons. The summed E-state index contributed by atoms with van der Waals surface area (Å²) in [5.74, 6) is 0.178. The van der Waals surface area contributed by atoms with Crippen molar-refractivity contribution in [3.63, 3.8) is 0 Å². The maximum Gasteiger partial charge on any atom is 0.240 e. The van der Waals surface area contributed by atoms with Crippen molar-refractivity contribution >= 4 is 29.1 Å². The van der Waals surface area contributed by atoms with Gasteiger partial charge >= 0.3 is 0 Å². The summed E-state index contributed by atoms with van der Waals surface area (Å²) in [6, 6.07) is 25.0. The Morgan fingerprint density at radius 1 is 0.907 bits per heavy atom. The number of nitrogens with one attached hydrogen (secondary N) is 2. The van der Waals surface area contributed by atoms with Crippen molar-refractivity contribution in [2.24, 2.45) is 0 Å². The van der Waals surface area contributed by atoms with E-state index in [1.165, 1.54) is 16.7 Å². The standard InChI is InChI=1S/C35H45Cl2N5O/c1-3-40(4-2)25-34(27-11-15-31(37)16-12-27)41-17-19-42(20-18-41)35(43)33(21-26-9-13-30(36)14-10-26)39-24-32-22-28-7-5-6-8-29(28)23-38-32/h5-16,32-34,38-39H,3-4,17-25H2,1-2H3/t32-,33-,34?/m1/s1. The van der Waals surface area contributed by atoms with E-state index in [1.807, 2.05) is 36.4 Å². The number of rotatable bonds is 12. The number of hydrogen-bond donors (Lipinski definition) is 2. The SMILES string of the molecule is CCN(CC)CC(c1ccc(Cl)cc1)N1CCN(C(=O)[C@@H](Cc2ccc(Cl)cc2)NC[C@H]2Cc3ccccc3CN2)CC1. The van der Waals surface area contributed by atoms with Gasteiger partial charge in [0.2, 0.25) is 5.91 Å². The molecule has 3 aromatic carbocycles. The predicted octanol–water partition coefficient (Wildman–Crippen LogP) is 5.44. The van der Waals surface area contributed by atoms with Crippen LogP contribution in [0, 0.1) is 0 Å². The highest BCUT2D eigenvalue weighted by atomic mass is 35.5. The number of amides is 1. The molecule has 2 N–H and O–H groups in total. The molecule has 1 fully saturated rings. The van der Waals surface area contributed by atoms with Gasteiger partial charge in [-0.3, -0.25) is 9.69 Å². The number of piperazine rings is 1. The molecular formula is C35H45Cl2N5O. The molecule has 0 radical (unpaired) electrons. The monoisotopic (exact) mass is 621 g/mol. The molecule has 2 aliphatic heterocycles. The normalized spacial score (nSPS) is 18.8. The third kappa shape index (κ3) is 8.59. The van der Waals surface area contributed by atoms with E-state index in [0.717, 1.165) is 75.9 Å². The van der Waals surface area contributed by atoms with Crippen LogP contribution in [-0.4, -0.2) is 85.0 Å². The van der Waals surface area contributed by atoms with E-state index in [1.54, 1.807) is 0 Å². The maximum atomic E-state index is 14.1. The Morgan fingerprint density at radius 2 is 1.53 bits per heavy atom. The quantitative estimate of drug-likeness (QED) is 0.282. The van der Waals surface area contributed by atoms with Gasteiger partial charge in [-0.1, -0.05) is 85.6 Å². The first-order valence-electron chi connectivity index (χ1n) is 15.7. The number of benzene rings is 3. The first kappa shape index (κ1) is 32.0. The fourth-order valence-electron chi connectivity index (χ4n) is 6.37. The minimum Gasteiger partial charge on any atom is -0.339 e. The number of fused-ring (bicyclic) bond motifs is 1. The second-order valence-electron chi connectivity index (χ2n) is 11.8. The van der Waals surface area contributed by atoms with E-state index >= 15 is 0 Å². The summed E-state index contributed by atoms with van der Waals surface area (Å²) in [6.07, 6.45) is 1.59. The zero-order chi connectivity index (χ0) is 30.2. The van der Waals surface area contributed by atoms with Crippen LogP contribution < -0.4 is 10.6 Å². The zero-order valence-corrected chi connectivity index (χ0v) is 27.0. The summed E-state index contributed by atoms with van der Waals surface area (Å²) in [6.45, 7) is 12.1. The molecule has 0 bridgehead atoms. The molecule has 1 unspecified atom stereocenters. The van der Waals surface area contributed by atoms with Crippen molar-refractivity contribution in [2.75, 3.05) is 52.4 Å². The minimum absolute atomic E-state index is 0.178. The highest BCUT2D eigenvalue weighted by Crippen LogP contribution is 2.26. The summed E-state index contributed by atoms with van der Waals surface area (Å²) < 4.78 is 0. The third-order valence-electron chi connectivity index (χ3n) is 9.07. The molecule has 6 nitrogen and oxygen atoms in total. The minimum atomic E-state index is -0.297. The molecule has 5 rings (SSSR count). The smallest absolute Gasteiger partial charge is 0.240 e. The molecule has 0 aliphatic carbocycles. The third-order valence-corrected chi connectivity index (χ3v) is 9.58. The molecule has 43 heavy (non-hydrogen) atoms. The Hall–Kier alpha value is -2.45. The second kappa shape index (κ2) is 15.5. The van der Waals surface area contributed by atoms with Crippen LogP contribution in [0.1, 0.15) is 42.1 Å². The van der Waals surface area contributed by atoms with Crippen molar-refractivity contribution in [3.8, 4) is 0 Å². The van der Waals surface area contributed by atoms with Gasteiger partial charge < -0.3 is 20.4 Å².